The number of rotatable bonds is 11. The Hall–Kier alpha value is -4.40. The molecule has 1 saturated heterocycles. The Bertz CT molecular complexity index is 2000. The molecule has 5 aliphatic rings. The maximum absolute atomic E-state index is 15.1. The fourth-order valence-corrected chi connectivity index (χ4v) is 9.87. The minimum absolute atomic E-state index is 0.0303. The molecule has 14 nitrogen and oxygen atoms in total. The van der Waals surface area contributed by atoms with Crippen LogP contribution in [0.25, 0.3) is 10.8 Å². The van der Waals surface area contributed by atoms with E-state index in [0.717, 1.165) is 31.1 Å². The molecule has 1 aromatic heterocycles. The number of hydrogen-bond acceptors (Lipinski definition) is 9. The number of benzene rings is 1. The van der Waals surface area contributed by atoms with Gasteiger partial charge in [-0.25, -0.2) is 18.2 Å². The summed E-state index contributed by atoms with van der Waals surface area (Å²) in [6.07, 6.45) is 9.19. The number of carbonyl (C=O) groups excluding carboxylic acids is 3. The molecule has 2 aromatic rings. The van der Waals surface area contributed by atoms with Gasteiger partial charge in [-0.1, -0.05) is 58.0 Å². The van der Waals surface area contributed by atoms with Gasteiger partial charge < -0.3 is 24.8 Å². The zero-order chi connectivity index (χ0) is 40.0. The SMILES string of the molecule is CCCOc1cnc(O[C@@H]2C[C@H]3C(=O)N[C@]4(C(=O)NS(=O)(=O)C5CC5)C[C@H]4/C=C\CC[C@@H](C)C[C@@H](C)[C@H](N(CC4(C)CC4)C(=O)O)C(=O)N3C2)c2ccccc12. The van der Waals surface area contributed by atoms with Crippen LogP contribution in [-0.4, -0.2) is 101 Å². The normalized spacial score (nSPS) is 30.8. The van der Waals surface area contributed by atoms with Gasteiger partial charge in [-0.3, -0.25) is 24.0 Å². The number of sulfonamides is 1. The van der Waals surface area contributed by atoms with Gasteiger partial charge >= 0.3 is 6.09 Å². The molecule has 0 unspecified atom stereocenters. The Morgan fingerprint density at radius 3 is 2.52 bits per heavy atom. The summed E-state index contributed by atoms with van der Waals surface area (Å²) < 4.78 is 40.6. The van der Waals surface area contributed by atoms with Crippen molar-refractivity contribution in [2.24, 2.45) is 23.2 Å². The third-order valence-corrected chi connectivity index (χ3v) is 14.1. The molecule has 4 amide bonds. The third kappa shape index (κ3) is 8.33. The quantitative estimate of drug-likeness (QED) is 0.261. The molecule has 0 radical (unpaired) electrons. The maximum Gasteiger partial charge on any atom is 0.408 e. The van der Waals surface area contributed by atoms with Crippen molar-refractivity contribution >= 4 is 44.6 Å². The number of nitrogens with one attached hydrogen (secondary N) is 2. The minimum atomic E-state index is -3.91. The van der Waals surface area contributed by atoms with Crippen LogP contribution in [0.2, 0.25) is 0 Å². The lowest BCUT2D eigenvalue weighted by Crippen LogP contribution is -2.60. The van der Waals surface area contributed by atoms with E-state index in [4.69, 9.17) is 9.47 Å². The molecule has 0 bridgehead atoms. The highest BCUT2D eigenvalue weighted by Crippen LogP contribution is 2.48. The first-order chi connectivity index (χ1) is 26.6. The van der Waals surface area contributed by atoms with Gasteiger partial charge in [0.1, 0.15) is 29.5 Å². The van der Waals surface area contributed by atoms with Crippen molar-refractivity contribution in [2.75, 3.05) is 19.7 Å². The monoisotopic (exact) mass is 793 g/mol. The summed E-state index contributed by atoms with van der Waals surface area (Å²) in [6, 6.07) is 5.30. The predicted molar refractivity (Wildman–Crippen MR) is 208 cm³/mol. The summed E-state index contributed by atoms with van der Waals surface area (Å²) in [5.41, 5.74) is -1.76. The van der Waals surface area contributed by atoms with Gasteiger partial charge in [0.15, 0.2) is 0 Å². The van der Waals surface area contributed by atoms with E-state index >= 15 is 4.79 Å². The molecule has 7 atom stereocenters. The molecule has 7 rings (SSSR count). The molecular formula is C41H55N5O9S. The van der Waals surface area contributed by atoms with Crippen molar-refractivity contribution < 1.29 is 42.2 Å². The summed E-state index contributed by atoms with van der Waals surface area (Å²) in [5, 5.41) is 14.4. The first-order valence-corrected chi connectivity index (χ1v) is 21.7. The van der Waals surface area contributed by atoms with Crippen LogP contribution in [0.3, 0.4) is 0 Å². The Morgan fingerprint density at radius 1 is 1.11 bits per heavy atom. The van der Waals surface area contributed by atoms with Crippen LogP contribution in [0.5, 0.6) is 11.6 Å². The highest BCUT2D eigenvalue weighted by Gasteiger charge is 2.62. The van der Waals surface area contributed by atoms with Crippen LogP contribution in [0, 0.1) is 23.2 Å². The number of fused-ring (bicyclic) bond motifs is 3. The summed E-state index contributed by atoms with van der Waals surface area (Å²) in [6.45, 7) is 8.68. The average Bonchev–Trinajstić information content (AvgIpc) is 4.10. The van der Waals surface area contributed by atoms with E-state index in [-0.39, 0.29) is 43.2 Å². The summed E-state index contributed by atoms with van der Waals surface area (Å²) in [7, 11) is -3.91. The first kappa shape index (κ1) is 39.8. The van der Waals surface area contributed by atoms with Crippen LogP contribution in [0.15, 0.2) is 42.6 Å². The second kappa shape index (κ2) is 15.5. The number of aromatic nitrogens is 1. The van der Waals surface area contributed by atoms with Gasteiger partial charge in [-0.15, -0.1) is 0 Å². The van der Waals surface area contributed by atoms with E-state index in [1.807, 2.05) is 57.2 Å². The molecule has 2 aliphatic heterocycles. The van der Waals surface area contributed by atoms with Crippen molar-refractivity contribution in [2.45, 2.75) is 121 Å². The van der Waals surface area contributed by atoms with Crippen molar-refractivity contribution in [3.8, 4) is 11.6 Å². The number of amides is 4. The van der Waals surface area contributed by atoms with Gasteiger partial charge in [0.05, 0.1) is 24.6 Å². The number of carboxylic acid groups (broad SMARTS) is 1. The standard InChI is InChI=1S/C41H55N5O9S/c1-5-18-54-33-22-42-36(31-13-9-8-12-30(31)33)55-28-20-32-35(47)43-41(38(49)44-56(52,53)29-14-15-29)21-27(41)11-7-6-10-25(2)19-26(3)34(37(48)45(32)23-28)46(39(50)51)24-40(4)16-17-40/h7-9,11-13,22,25-29,32,34H,5-6,10,14-21,23-24H2,1-4H3,(H,43,47)(H,44,49)(H,50,51)/b11-7-/t25-,26-,27-,28-,32+,34+,41-/m1/s1. The number of nitrogens with zero attached hydrogens (tertiary/aromatic N) is 3. The molecule has 3 aliphatic carbocycles. The number of hydrogen-bond donors (Lipinski definition) is 3. The molecule has 3 saturated carbocycles. The van der Waals surface area contributed by atoms with E-state index in [2.05, 4.69) is 21.9 Å². The highest BCUT2D eigenvalue weighted by atomic mass is 32.2. The number of allylic oxidation sites excluding steroid dienone is 1. The molecule has 4 fully saturated rings. The Kier molecular flexibility index (Phi) is 11.0. The topological polar surface area (TPSA) is 185 Å². The van der Waals surface area contributed by atoms with Crippen LogP contribution >= 0.6 is 0 Å². The van der Waals surface area contributed by atoms with Crippen LogP contribution in [0.4, 0.5) is 4.79 Å². The second-order valence-electron chi connectivity index (χ2n) is 17.2. The molecule has 56 heavy (non-hydrogen) atoms. The highest BCUT2D eigenvalue weighted by molar-refractivity contribution is 7.91. The van der Waals surface area contributed by atoms with Gasteiger partial charge in [0.2, 0.25) is 27.7 Å². The van der Waals surface area contributed by atoms with Crippen molar-refractivity contribution in [3.63, 3.8) is 0 Å². The average molecular weight is 794 g/mol. The Morgan fingerprint density at radius 2 is 1.84 bits per heavy atom. The smallest absolute Gasteiger partial charge is 0.408 e. The zero-order valence-corrected chi connectivity index (χ0v) is 33.6. The van der Waals surface area contributed by atoms with Gasteiger partial charge in [-0.2, -0.15) is 0 Å². The lowest BCUT2D eigenvalue weighted by molar-refractivity contribution is -0.144. The molecule has 3 N–H and O–H groups in total. The fraction of sp³-hybridized carbons (Fsp3) is 0.634. The van der Waals surface area contributed by atoms with Crippen molar-refractivity contribution in [1.29, 1.82) is 0 Å². The lowest BCUT2D eigenvalue weighted by atomic mass is 9.86. The molecule has 15 heteroatoms. The number of ether oxygens (including phenoxy) is 2. The van der Waals surface area contributed by atoms with E-state index in [1.54, 1.807) is 6.20 Å². The van der Waals surface area contributed by atoms with Crippen molar-refractivity contribution in [3.05, 3.63) is 42.6 Å². The largest absolute Gasteiger partial charge is 0.491 e. The first-order valence-electron chi connectivity index (χ1n) is 20.2. The Labute approximate surface area is 328 Å². The van der Waals surface area contributed by atoms with Gasteiger partial charge in [0, 0.05) is 29.7 Å². The number of pyridine rings is 1. The minimum Gasteiger partial charge on any atom is -0.491 e. The van der Waals surface area contributed by atoms with E-state index in [9.17, 15) is 27.9 Å². The van der Waals surface area contributed by atoms with Crippen LogP contribution < -0.4 is 19.5 Å². The van der Waals surface area contributed by atoms with E-state index in [0.29, 0.717) is 49.3 Å². The van der Waals surface area contributed by atoms with Crippen LogP contribution in [-0.2, 0) is 24.4 Å². The van der Waals surface area contributed by atoms with Gasteiger partial charge in [-0.05, 0) is 81.1 Å². The Balaban J connectivity index is 1.25. The molecule has 1 aromatic carbocycles. The third-order valence-electron chi connectivity index (χ3n) is 12.3. The summed E-state index contributed by atoms with van der Waals surface area (Å²) in [4.78, 5) is 63.8. The van der Waals surface area contributed by atoms with Crippen LogP contribution in [0.1, 0.15) is 91.9 Å². The lowest BCUT2D eigenvalue weighted by Gasteiger charge is -2.38. The molecule has 304 valence electrons. The second-order valence-corrected chi connectivity index (χ2v) is 19.2. The molecular weight excluding hydrogens is 739 g/mol. The maximum atomic E-state index is 15.1. The number of carbonyl (C=O) groups is 4. The summed E-state index contributed by atoms with van der Waals surface area (Å²) >= 11 is 0. The predicted octanol–water partition coefficient (Wildman–Crippen LogP) is 5.02. The molecule has 0 spiro atoms. The van der Waals surface area contributed by atoms with Gasteiger partial charge in [0.25, 0.3) is 5.91 Å². The molecule has 3 heterocycles. The van der Waals surface area contributed by atoms with E-state index < -0.39 is 68.7 Å². The fourth-order valence-electron chi connectivity index (χ4n) is 8.51. The zero-order valence-electron chi connectivity index (χ0n) is 32.7. The van der Waals surface area contributed by atoms with E-state index in [1.165, 1.54) is 9.80 Å². The summed E-state index contributed by atoms with van der Waals surface area (Å²) in [5.74, 6) is -1.73. The van der Waals surface area contributed by atoms with Crippen molar-refractivity contribution in [1.82, 2.24) is 24.8 Å².